The molecule has 34 heavy (non-hydrogen) atoms. The molecule has 0 aliphatic heterocycles. The number of rotatable bonds is 6. The molecule has 0 saturated carbocycles. The minimum atomic E-state index is -2.29. The molecule has 0 bridgehead atoms. The van der Waals surface area contributed by atoms with E-state index in [1.807, 2.05) is 61.5 Å². The highest BCUT2D eigenvalue weighted by Gasteiger charge is 2.62. The van der Waals surface area contributed by atoms with Crippen LogP contribution in [0.3, 0.4) is 0 Å². The lowest BCUT2D eigenvalue weighted by atomic mass is 9.64. The van der Waals surface area contributed by atoms with Crippen LogP contribution < -0.4 is 4.74 Å². The molecule has 2 aliphatic carbocycles. The number of carbonyl (C=O) groups is 1. The molecule has 7 nitrogen and oxygen atoms in total. The Labute approximate surface area is 202 Å². The molecular weight excluding hydrogens is 448 g/mol. The maximum atomic E-state index is 14.0. The number of hydrogen-bond donors (Lipinski definition) is 1. The van der Waals surface area contributed by atoms with Crippen molar-refractivity contribution in [3.63, 3.8) is 0 Å². The van der Waals surface area contributed by atoms with Gasteiger partial charge in [0.25, 0.3) is 5.88 Å². The third kappa shape index (κ3) is 4.06. The zero-order chi connectivity index (χ0) is 24.9. The number of Topliss-reactive ketones (excluding diaryl/α,β-unsaturated/α-hetero) is 1. The minimum absolute atomic E-state index is 0.0743. The molecule has 2 aliphatic rings. The first kappa shape index (κ1) is 24.8. The van der Waals surface area contributed by atoms with Crippen LogP contribution in [0.15, 0.2) is 47.0 Å². The molecule has 1 aromatic heterocycles. The van der Waals surface area contributed by atoms with Crippen molar-refractivity contribution in [2.75, 3.05) is 14.1 Å². The fourth-order valence-corrected chi connectivity index (χ4v) is 5.92. The van der Waals surface area contributed by atoms with Gasteiger partial charge in [0.2, 0.25) is 5.78 Å². The number of aromatic nitrogens is 1. The summed E-state index contributed by atoms with van der Waals surface area (Å²) in [6.45, 7) is 10.9. The third-order valence-corrected chi connectivity index (χ3v) is 12.1. The summed E-state index contributed by atoms with van der Waals surface area (Å²) in [6, 6.07) is 9.31. The molecule has 1 N–H and O–H groups in total. The number of benzene rings is 1. The van der Waals surface area contributed by atoms with E-state index in [9.17, 15) is 9.90 Å². The number of ketones is 1. The first-order valence-electron chi connectivity index (χ1n) is 11.8. The zero-order valence-corrected chi connectivity index (χ0v) is 22.2. The van der Waals surface area contributed by atoms with E-state index in [0.717, 1.165) is 5.56 Å². The van der Waals surface area contributed by atoms with Crippen LogP contribution in [0, 0.1) is 5.92 Å². The van der Waals surface area contributed by atoms with Crippen molar-refractivity contribution in [2.24, 2.45) is 5.92 Å². The zero-order valence-electron chi connectivity index (χ0n) is 21.2. The third-order valence-electron chi connectivity index (χ3n) is 7.63. The van der Waals surface area contributed by atoms with Gasteiger partial charge in [-0.2, -0.15) is 0 Å². The first-order chi connectivity index (χ1) is 15.9. The second-order valence-electron chi connectivity index (χ2n) is 11.1. The Bertz CT molecular complexity index is 1070. The van der Waals surface area contributed by atoms with Crippen molar-refractivity contribution in [1.82, 2.24) is 10.1 Å². The van der Waals surface area contributed by atoms with Crippen molar-refractivity contribution in [3.8, 4) is 5.88 Å². The van der Waals surface area contributed by atoms with E-state index in [1.54, 1.807) is 0 Å². The number of allylic oxidation sites excluding steroid dienone is 1. The predicted molar refractivity (Wildman–Crippen MR) is 132 cm³/mol. The Hall–Kier alpha value is -2.26. The summed E-state index contributed by atoms with van der Waals surface area (Å²) in [7, 11) is 1.54. The highest BCUT2D eigenvalue weighted by Crippen LogP contribution is 2.52. The molecule has 1 unspecified atom stereocenters. The van der Waals surface area contributed by atoms with E-state index in [-0.39, 0.29) is 29.1 Å². The molecule has 1 aromatic carbocycles. The van der Waals surface area contributed by atoms with Crippen molar-refractivity contribution < 1.29 is 23.6 Å². The highest BCUT2D eigenvalue weighted by atomic mass is 28.4. The van der Waals surface area contributed by atoms with Crippen LogP contribution in [0.25, 0.3) is 0 Å². The fraction of sp³-hybridized carbons (Fsp3) is 0.538. The molecule has 0 saturated heterocycles. The Morgan fingerprint density at radius 3 is 2.53 bits per heavy atom. The molecule has 2 aromatic rings. The first-order valence-corrected chi connectivity index (χ1v) is 14.7. The molecule has 4 atom stereocenters. The lowest BCUT2D eigenvalue weighted by Crippen LogP contribution is -2.64. The van der Waals surface area contributed by atoms with Crippen LogP contribution in [0.5, 0.6) is 5.88 Å². The number of fused-ring (bicyclic) bond motifs is 2. The van der Waals surface area contributed by atoms with Gasteiger partial charge in [-0.25, -0.2) is 0 Å². The van der Waals surface area contributed by atoms with Gasteiger partial charge < -0.3 is 18.8 Å². The van der Waals surface area contributed by atoms with Crippen molar-refractivity contribution in [3.05, 3.63) is 59.4 Å². The van der Waals surface area contributed by atoms with E-state index in [0.29, 0.717) is 12.2 Å². The van der Waals surface area contributed by atoms with Gasteiger partial charge in [-0.3, -0.25) is 9.69 Å². The van der Waals surface area contributed by atoms with Crippen molar-refractivity contribution in [1.29, 1.82) is 0 Å². The lowest BCUT2D eigenvalue weighted by Gasteiger charge is -2.51. The summed E-state index contributed by atoms with van der Waals surface area (Å²) in [5, 5.41) is 16.2. The average molecular weight is 485 g/mol. The van der Waals surface area contributed by atoms with Crippen molar-refractivity contribution >= 4 is 14.1 Å². The second-order valence-corrected chi connectivity index (χ2v) is 15.9. The molecular formula is C26H36N2O5Si. The van der Waals surface area contributed by atoms with Crippen LogP contribution in [0.4, 0.5) is 0 Å². The Kier molecular flexibility index (Phi) is 6.39. The van der Waals surface area contributed by atoms with Gasteiger partial charge >= 0.3 is 0 Å². The molecule has 8 heteroatoms. The summed E-state index contributed by atoms with van der Waals surface area (Å²) in [5.41, 5.74) is -0.585. The number of hydrogen-bond acceptors (Lipinski definition) is 7. The van der Waals surface area contributed by atoms with Gasteiger partial charge in [-0.15, -0.1) is 0 Å². The maximum absolute atomic E-state index is 14.0. The van der Waals surface area contributed by atoms with Gasteiger partial charge in [-0.05, 0) is 49.4 Å². The standard InChI is InChI=1S/C26H36N2O5Si/c1-25(2,3)34(6,7)33-19-15-11-14-18-21(28(4)5)22-20(23(29)26(18,19)30)24(27-32-22)31-16-17-12-9-8-10-13-17/h8-13,15,18-19,21,30H,14,16H2,1-7H3/t18-,19?,21-,26-/m0/s1. The normalized spacial score (nSPS) is 27.0. The van der Waals surface area contributed by atoms with Gasteiger partial charge in [0, 0.05) is 5.92 Å². The van der Waals surface area contributed by atoms with Crippen LogP contribution >= 0.6 is 0 Å². The topological polar surface area (TPSA) is 85.0 Å². The summed E-state index contributed by atoms with van der Waals surface area (Å²) in [6.07, 6.45) is 3.63. The summed E-state index contributed by atoms with van der Waals surface area (Å²) in [4.78, 5) is 16.0. The number of carbonyl (C=O) groups excluding carboxylic acids is 1. The van der Waals surface area contributed by atoms with Gasteiger partial charge in [0.1, 0.15) is 18.3 Å². The quantitative estimate of drug-likeness (QED) is 0.468. The average Bonchev–Trinajstić information content (AvgIpc) is 3.17. The number of aliphatic hydroxyl groups is 1. The Morgan fingerprint density at radius 2 is 1.91 bits per heavy atom. The van der Waals surface area contributed by atoms with Crippen LogP contribution in [-0.2, 0) is 11.0 Å². The smallest absolute Gasteiger partial charge is 0.265 e. The highest BCUT2D eigenvalue weighted by molar-refractivity contribution is 6.74. The molecule has 4 rings (SSSR count). The minimum Gasteiger partial charge on any atom is -0.470 e. The van der Waals surface area contributed by atoms with Gasteiger partial charge in [0.15, 0.2) is 19.7 Å². The number of ether oxygens (including phenoxy) is 1. The van der Waals surface area contributed by atoms with E-state index >= 15 is 0 Å². The fourth-order valence-electron chi connectivity index (χ4n) is 4.68. The van der Waals surface area contributed by atoms with E-state index in [2.05, 4.69) is 39.0 Å². The summed E-state index contributed by atoms with van der Waals surface area (Å²) in [5.74, 6) is -0.322. The molecule has 1 heterocycles. The van der Waals surface area contributed by atoms with Crippen LogP contribution in [0.1, 0.15) is 54.9 Å². The maximum Gasteiger partial charge on any atom is 0.265 e. The van der Waals surface area contributed by atoms with E-state index < -0.39 is 31.7 Å². The monoisotopic (exact) mass is 484 g/mol. The van der Waals surface area contributed by atoms with E-state index in [4.69, 9.17) is 13.7 Å². The van der Waals surface area contributed by atoms with Crippen molar-refractivity contribution in [2.45, 2.75) is 69.7 Å². The molecule has 0 amide bonds. The Balaban J connectivity index is 1.75. The van der Waals surface area contributed by atoms with Crippen LogP contribution in [0.2, 0.25) is 18.1 Å². The largest absolute Gasteiger partial charge is 0.470 e. The van der Waals surface area contributed by atoms with Gasteiger partial charge in [-0.1, -0.05) is 63.3 Å². The Morgan fingerprint density at radius 1 is 1.24 bits per heavy atom. The second kappa shape index (κ2) is 8.75. The van der Waals surface area contributed by atoms with E-state index in [1.165, 1.54) is 0 Å². The molecule has 0 fully saturated rings. The van der Waals surface area contributed by atoms with Gasteiger partial charge in [0.05, 0.1) is 6.04 Å². The molecule has 0 radical (unpaired) electrons. The number of nitrogens with zero attached hydrogens (tertiary/aromatic N) is 2. The summed E-state index contributed by atoms with van der Waals surface area (Å²) >= 11 is 0. The van der Waals surface area contributed by atoms with Crippen LogP contribution in [-0.4, -0.2) is 55.1 Å². The lowest BCUT2D eigenvalue weighted by molar-refractivity contribution is -0.0931. The summed E-state index contributed by atoms with van der Waals surface area (Å²) < 4.78 is 18.3. The molecule has 0 spiro atoms. The SMILES string of the molecule is CN(C)[C@@H]1c2onc(OCc3ccccc3)c2C(=O)[C@@]2(O)C(O[Si](C)(C)C(C)(C)C)C=CC[C@@H]12. The predicted octanol–water partition coefficient (Wildman–Crippen LogP) is 4.75. The molecule has 184 valence electrons.